The predicted molar refractivity (Wildman–Crippen MR) is 59.4 cm³/mol. The second-order valence-electron chi connectivity index (χ2n) is 3.43. The topological polar surface area (TPSA) is 84.2 Å². The van der Waals surface area contributed by atoms with Crippen LogP contribution in [0.15, 0.2) is 0 Å². The number of carbonyl (C=O) groups excluding carboxylic acids is 1. The Hall–Kier alpha value is -1.09. The molecule has 0 aliphatic heterocycles. The van der Waals surface area contributed by atoms with E-state index in [1.54, 1.807) is 6.07 Å². The molecule has 0 heterocycles. The molecule has 6 heteroatoms. The summed E-state index contributed by atoms with van der Waals surface area (Å²) < 4.78 is 27.2. The van der Waals surface area contributed by atoms with Crippen molar-refractivity contribution in [1.29, 1.82) is 5.26 Å². The van der Waals surface area contributed by atoms with Gasteiger partial charge in [-0.05, 0) is 6.42 Å². The van der Waals surface area contributed by atoms with Gasteiger partial charge in [-0.1, -0.05) is 19.8 Å². The van der Waals surface area contributed by atoms with E-state index in [-0.39, 0.29) is 18.8 Å². The van der Waals surface area contributed by atoms with Crippen molar-refractivity contribution in [1.82, 2.24) is 0 Å². The Morgan fingerprint density at radius 2 is 2.06 bits per heavy atom. The minimum absolute atomic E-state index is 0.0918. The van der Waals surface area contributed by atoms with Crippen LogP contribution in [-0.2, 0) is 19.4 Å². The molecular formula is C10H17NO4S. The van der Waals surface area contributed by atoms with Crippen molar-refractivity contribution in [3.63, 3.8) is 0 Å². The van der Waals surface area contributed by atoms with Gasteiger partial charge >= 0.3 is 5.97 Å². The highest BCUT2D eigenvalue weighted by atomic mass is 32.2. The highest BCUT2D eigenvalue weighted by Crippen LogP contribution is 1.98. The first-order valence-corrected chi connectivity index (χ1v) is 7.07. The minimum atomic E-state index is -3.48. The molecule has 0 N–H and O–H groups in total. The lowest BCUT2D eigenvalue weighted by atomic mass is 10.3. The molecule has 0 spiro atoms. The van der Waals surface area contributed by atoms with Gasteiger partial charge < -0.3 is 4.74 Å². The molecule has 0 rings (SSSR count). The molecular weight excluding hydrogens is 230 g/mol. The van der Waals surface area contributed by atoms with Gasteiger partial charge in [0.2, 0.25) is 0 Å². The van der Waals surface area contributed by atoms with Gasteiger partial charge in [-0.3, -0.25) is 4.79 Å². The van der Waals surface area contributed by atoms with Crippen molar-refractivity contribution in [2.45, 2.75) is 32.6 Å². The molecule has 0 saturated carbocycles. The average Bonchev–Trinajstić information content (AvgIpc) is 2.21. The highest BCUT2D eigenvalue weighted by molar-refractivity contribution is 7.92. The highest BCUT2D eigenvalue weighted by Gasteiger charge is 2.17. The minimum Gasteiger partial charge on any atom is -0.465 e. The molecule has 0 aliphatic rings. The fourth-order valence-corrected chi connectivity index (χ4v) is 2.02. The average molecular weight is 247 g/mol. The van der Waals surface area contributed by atoms with Gasteiger partial charge in [0.05, 0.1) is 18.4 Å². The smallest absolute Gasteiger partial charge is 0.321 e. The van der Waals surface area contributed by atoms with E-state index in [0.717, 1.165) is 19.3 Å². The molecule has 0 aromatic rings. The number of esters is 1. The van der Waals surface area contributed by atoms with E-state index in [2.05, 4.69) is 0 Å². The van der Waals surface area contributed by atoms with Crippen LogP contribution in [0, 0.1) is 11.3 Å². The second kappa shape index (κ2) is 8.11. The monoisotopic (exact) mass is 247 g/mol. The molecule has 92 valence electrons. The first-order valence-electron chi connectivity index (χ1n) is 5.25. The van der Waals surface area contributed by atoms with Crippen LogP contribution < -0.4 is 0 Å². The van der Waals surface area contributed by atoms with Crippen molar-refractivity contribution in [3.8, 4) is 6.07 Å². The number of ether oxygens (including phenoxy) is 1. The summed E-state index contributed by atoms with van der Waals surface area (Å²) in [5, 5.41) is 8.23. The number of sulfone groups is 1. The molecule has 0 amide bonds. The molecule has 5 nitrogen and oxygen atoms in total. The van der Waals surface area contributed by atoms with E-state index < -0.39 is 21.6 Å². The molecule has 0 aromatic heterocycles. The van der Waals surface area contributed by atoms with Crippen LogP contribution in [0.5, 0.6) is 0 Å². The quantitative estimate of drug-likeness (QED) is 0.473. The Labute approximate surface area is 96.3 Å². The lowest BCUT2D eigenvalue weighted by Gasteiger charge is -2.04. The zero-order valence-corrected chi connectivity index (χ0v) is 10.3. The van der Waals surface area contributed by atoms with Crippen molar-refractivity contribution in [3.05, 3.63) is 0 Å². The number of hydrogen-bond acceptors (Lipinski definition) is 5. The summed E-state index contributed by atoms with van der Waals surface area (Å²) in [5.41, 5.74) is 0. The summed E-state index contributed by atoms with van der Waals surface area (Å²) in [7, 11) is -3.48. The van der Waals surface area contributed by atoms with Crippen molar-refractivity contribution in [2.75, 3.05) is 18.1 Å². The summed E-state index contributed by atoms with van der Waals surface area (Å²) in [6.07, 6.45) is 2.62. The zero-order valence-electron chi connectivity index (χ0n) is 9.44. The maximum atomic E-state index is 11.2. The van der Waals surface area contributed by atoms with Gasteiger partial charge in [-0.25, -0.2) is 8.42 Å². The molecule has 0 radical (unpaired) electrons. The van der Waals surface area contributed by atoms with E-state index in [4.69, 9.17) is 10.00 Å². The van der Waals surface area contributed by atoms with Gasteiger partial charge in [0.25, 0.3) is 0 Å². The molecule has 0 bridgehead atoms. The van der Waals surface area contributed by atoms with Crippen molar-refractivity contribution >= 4 is 15.8 Å². The van der Waals surface area contributed by atoms with Crippen LogP contribution in [0.3, 0.4) is 0 Å². The van der Waals surface area contributed by atoms with E-state index in [1.807, 2.05) is 6.92 Å². The molecule has 0 fully saturated rings. The molecule has 0 saturated heterocycles. The third kappa shape index (κ3) is 8.24. The van der Waals surface area contributed by atoms with Crippen molar-refractivity contribution < 1.29 is 17.9 Å². The molecule has 0 unspecified atom stereocenters. The zero-order chi connectivity index (χ0) is 12.4. The van der Waals surface area contributed by atoms with E-state index in [9.17, 15) is 13.2 Å². The number of nitrogens with zero attached hydrogens (tertiary/aromatic N) is 1. The largest absolute Gasteiger partial charge is 0.465 e. The summed E-state index contributed by atoms with van der Waals surface area (Å²) >= 11 is 0. The molecule has 16 heavy (non-hydrogen) atoms. The number of rotatable bonds is 8. The van der Waals surface area contributed by atoms with Gasteiger partial charge in [0.1, 0.15) is 5.75 Å². The maximum absolute atomic E-state index is 11.2. The maximum Gasteiger partial charge on any atom is 0.321 e. The first kappa shape index (κ1) is 14.9. The Balaban J connectivity index is 3.82. The Morgan fingerprint density at radius 3 is 2.62 bits per heavy atom. The SMILES string of the molecule is CCCCCOC(=O)CS(=O)(=O)CCC#N. The predicted octanol–water partition coefficient (Wildman–Crippen LogP) is 1.05. The standard InChI is InChI=1S/C10H17NO4S/c1-2-3-4-7-15-10(12)9-16(13,14)8-5-6-11/h2-5,7-9H2,1H3. The normalized spacial score (nSPS) is 10.8. The van der Waals surface area contributed by atoms with Crippen LogP contribution in [0.1, 0.15) is 32.6 Å². The van der Waals surface area contributed by atoms with Crippen LogP contribution >= 0.6 is 0 Å². The van der Waals surface area contributed by atoms with E-state index in [0.29, 0.717) is 0 Å². The second-order valence-corrected chi connectivity index (χ2v) is 5.61. The summed E-state index contributed by atoms with van der Waals surface area (Å²) in [5.74, 6) is -1.64. The first-order chi connectivity index (χ1) is 7.52. The van der Waals surface area contributed by atoms with Gasteiger partial charge in [0, 0.05) is 6.42 Å². The number of nitriles is 1. The van der Waals surface area contributed by atoms with E-state index >= 15 is 0 Å². The van der Waals surface area contributed by atoms with Gasteiger partial charge in [0.15, 0.2) is 9.84 Å². The third-order valence-corrected chi connectivity index (χ3v) is 3.38. The fraction of sp³-hybridized carbons (Fsp3) is 0.800. The Kier molecular flexibility index (Phi) is 7.56. The fourth-order valence-electron chi connectivity index (χ4n) is 1.03. The third-order valence-electron chi connectivity index (χ3n) is 1.87. The van der Waals surface area contributed by atoms with Crippen molar-refractivity contribution in [2.24, 2.45) is 0 Å². The lowest BCUT2D eigenvalue weighted by Crippen LogP contribution is -2.21. The Morgan fingerprint density at radius 1 is 1.38 bits per heavy atom. The summed E-state index contributed by atoms with van der Waals surface area (Å²) in [6.45, 7) is 2.29. The van der Waals surface area contributed by atoms with Crippen LogP contribution in [-0.4, -0.2) is 32.5 Å². The summed E-state index contributed by atoms with van der Waals surface area (Å²) in [4.78, 5) is 11.1. The van der Waals surface area contributed by atoms with Gasteiger partial charge in [-0.15, -0.1) is 0 Å². The van der Waals surface area contributed by atoms with Crippen LogP contribution in [0.25, 0.3) is 0 Å². The lowest BCUT2D eigenvalue weighted by molar-refractivity contribution is -0.140. The van der Waals surface area contributed by atoms with E-state index in [1.165, 1.54) is 0 Å². The number of hydrogen-bond donors (Lipinski definition) is 0. The molecule has 0 aliphatic carbocycles. The number of carbonyl (C=O) groups is 1. The molecule has 0 atom stereocenters. The van der Waals surface area contributed by atoms with Gasteiger partial charge in [-0.2, -0.15) is 5.26 Å². The van der Waals surface area contributed by atoms with Crippen LogP contribution in [0.4, 0.5) is 0 Å². The van der Waals surface area contributed by atoms with Crippen LogP contribution in [0.2, 0.25) is 0 Å². The number of unbranched alkanes of at least 4 members (excludes halogenated alkanes) is 2. The molecule has 0 aromatic carbocycles. The Bertz CT molecular complexity index is 342. The summed E-state index contributed by atoms with van der Waals surface area (Å²) in [6, 6.07) is 1.73.